The molecule has 180 valence electrons. The van der Waals surface area contributed by atoms with Gasteiger partial charge in [-0.3, -0.25) is 20.8 Å². The van der Waals surface area contributed by atoms with Crippen molar-refractivity contribution in [1.29, 1.82) is 10.8 Å². The van der Waals surface area contributed by atoms with E-state index in [1.165, 1.54) is 0 Å². The van der Waals surface area contributed by atoms with Gasteiger partial charge in [0.1, 0.15) is 0 Å². The molecule has 0 saturated carbocycles. The van der Waals surface area contributed by atoms with E-state index >= 15 is 0 Å². The Kier molecular flexibility index (Phi) is 8.69. The fourth-order valence-corrected chi connectivity index (χ4v) is 3.41. The summed E-state index contributed by atoms with van der Waals surface area (Å²) in [4.78, 5) is 10.6. The summed E-state index contributed by atoms with van der Waals surface area (Å²) in [6, 6.07) is 17.8. The van der Waals surface area contributed by atoms with Crippen molar-refractivity contribution in [3.63, 3.8) is 0 Å². The molecule has 0 saturated heterocycles. The lowest BCUT2D eigenvalue weighted by molar-refractivity contribution is 1.31. The first-order valence-electron chi connectivity index (χ1n) is 10.9. The zero-order chi connectivity index (χ0) is 25.9. The molecule has 10 nitrogen and oxygen atoms in total. The Hall–Kier alpha value is -5.21. The van der Waals surface area contributed by atoms with Crippen LogP contribution in [-0.2, 0) is 0 Å². The first-order chi connectivity index (χ1) is 17.5. The highest BCUT2D eigenvalue weighted by atomic mass is 15.1. The van der Waals surface area contributed by atoms with Gasteiger partial charge in [-0.25, -0.2) is 0 Å². The van der Waals surface area contributed by atoms with E-state index in [1.807, 2.05) is 31.3 Å². The van der Waals surface area contributed by atoms with E-state index in [2.05, 4.69) is 30.6 Å². The highest BCUT2D eigenvalue weighted by Crippen LogP contribution is 2.25. The van der Waals surface area contributed by atoms with Gasteiger partial charge in [0.25, 0.3) is 0 Å². The number of nitrogens with zero attached hydrogens (tertiary/aromatic N) is 5. The van der Waals surface area contributed by atoms with Gasteiger partial charge in [0, 0.05) is 88.8 Å². The Labute approximate surface area is 208 Å². The van der Waals surface area contributed by atoms with Crippen LogP contribution in [0.5, 0.6) is 0 Å². The van der Waals surface area contributed by atoms with Gasteiger partial charge in [-0.1, -0.05) is 11.2 Å². The Morgan fingerprint density at radius 1 is 0.778 bits per heavy atom. The second-order valence-corrected chi connectivity index (χ2v) is 7.45. The highest BCUT2D eigenvalue weighted by Gasteiger charge is 2.11. The summed E-state index contributed by atoms with van der Waals surface area (Å²) in [5.41, 5.74) is 20.9. The van der Waals surface area contributed by atoms with E-state index < -0.39 is 0 Å². The van der Waals surface area contributed by atoms with Crippen LogP contribution in [-0.4, -0.2) is 35.5 Å². The van der Waals surface area contributed by atoms with Crippen LogP contribution in [0.3, 0.4) is 0 Å². The van der Waals surface area contributed by atoms with Crippen LogP contribution in [0.25, 0.3) is 10.4 Å². The van der Waals surface area contributed by atoms with Gasteiger partial charge >= 0.3 is 0 Å². The number of nitrogens with one attached hydrogen (secondary N) is 4. The molecule has 36 heavy (non-hydrogen) atoms. The first kappa shape index (κ1) is 25.4. The summed E-state index contributed by atoms with van der Waals surface area (Å²) >= 11 is 0. The summed E-state index contributed by atoms with van der Waals surface area (Å²) in [6.07, 6.45) is 6.63. The zero-order valence-electron chi connectivity index (χ0n) is 19.9. The van der Waals surface area contributed by atoms with Crippen LogP contribution in [0.15, 0.2) is 90.6 Å². The van der Waals surface area contributed by atoms with Crippen molar-refractivity contribution in [3.05, 3.63) is 118 Å². The van der Waals surface area contributed by atoms with E-state index in [1.54, 1.807) is 68.2 Å². The average molecular weight is 479 g/mol. The number of pyridine rings is 2. The van der Waals surface area contributed by atoms with E-state index in [0.717, 1.165) is 28.1 Å². The standard InChI is InChI=1S/C13H12N6.C13H14N4/c1-16-12-3-2-10(18-19-15)8-11(12)13(14)9-4-6-17-7-5-9;1-16-12-3-2-10(14)8-11(12)13(15)9-4-6-17-7-5-9/h2-8,14,16H,1H3;2-8,15-16H,14H2,1H3. The smallest absolute Gasteiger partial charge is 0.0707 e. The summed E-state index contributed by atoms with van der Waals surface area (Å²) in [5, 5.41) is 26.1. The zero-order valence-corrected chi connectivity index (χ0v) is 19.9. The van der Waals surface area contributed by atoms with Gasteiger partial charge in [0.15, 0.2) is 0 Å². The molecule has 2 heterocycles. The van der Waals surface area contributed by atoms with Crippen molar-refractivity contribution in [1.82, 2.24) is 9.97 Å². The number of azide groups is 1. The van der Waals surface area contributed by atoms with E-state index in [9.17, 15) is 0 Å². The van der Waals surface area contributed by atoms with E-state index in [-0.39, 0.29) is 0 Å². The Bertz CT molecular complexity index is 1400. The minimum atomic E-state index is 0.349. The molecule has 0 amide bonds. The van der Waals surface area contributed by atoms with Gasteiger partial charge in [0.2, 0.25) is 0 Å². The van der Waals surface area contributed by atoms with Crippen molar-refractivity contribution < 1.29 is 0 Å². The van der Waals surface area contributed by atoms with Crippen LogP contribution in [0.2, 0.25) is 0 Å². The third-order valence-electron chi connectivity index (χ3n) is 5.22. The molecule has 6 N–H and O–H groups in total. The molecule has 0 radical (unpaired) electrons. The number of hydrogen-bond acceptors (Lipinski definition) is 8. The monoisotopic (exact) mass is 478 g/mol. The molecule has 0 spiro atoms. The Balaban J connectivity index is 0.000000202. The van der Waals surface area contributed by atoms with Gasteiger partial charge in [0.05, 0.1) is 11.4 Å². The average Bonchev–Trinajstić information content (AvgIpc) is 2.93. The van der Waals surface area contributed by atoms with E-state index in [0.29, 0.717) is 28.4 Å². The molecular formula is C26H26N10. The minimum Gasteiger partial charge on any atom is -0.399 e. The Morgan fingerprint density at radius 3 is 1.72 bits per heavy atom. The molecule has 2 aromatic carbocycles. The second kappa shape index (κ2) is 12.3. The van der Waals surface area contributed by atoms with Gasteiger partial charge in [-0.15, -0.1) is 0 Å². The van der Waals surface area contributed by atoms with Gasteiger partial charge < -0.3 is 16.4 Å². The lowest BCUT2D eigenvalue weighted by Crippen LogP contribution is -2.06. The maximum atomic E-state index is 8.47. The van der Waals surface area contributed by atoms with Crippen LogP contribution >= 0.6 is 0 Å². The second-order valence-electron chi connectivity index (χ2n) is 7.45. The number of benzene rings is 2. The maximum Gasteiger partial charge on any atom is 0.0707 e. The summed E-state index contributed by atoms with van der Waals surface area (Å²) in [6.45, 7) is 0. The lowest BCUT2D eigenvalue weighted by Gasteiger charge is -2.11. The predicted molar refractivity (Wildman–Crippen MR) is 146 cm³/mol. The molecule has 0 aliphatic carbocycles. The molecule has 0 unspecified atom stereocenters. The summed E-state index contributed by atoms with van der Waals surface area (Å²) < 4.78 is 0. The molecule has 0 aliphatic heterocycles. The highest BCUT2D eigenvalue weighted by molar-refractivity contribution is 6.15. The first-order valence-corrected chi connectivity index (χ1v) is 10.9. The van der Waals surface area contributed by atoms with E-state index in [4.69, 9.17) is 22.1 Å². The van der Waals surface area contributed by atoms with Crippen LogP contribution in [0.4, 0.5) is 22.7 Å². The lowest BCUT2D eigenvalue weighted by atomic mass is 10.0. The quantitative estimate of drug-likeness (QED) is 0.0763. The maximum absolute atomic E-state index is 8.47. The molecule has 0 bridgehead atoms. The molecule has 0 atom stereocenters. The van der Waals surface area contributed by atoms with Crippen LogP contribution in [0, 0.1) is 10.8 Å². The van der Waals surface area contributed by atoms with Crippen LogP contribution in [0.1, 0.15) is 22.3 Å². The number of aromatic nitrogens is 2. The minimum absolute atomic E-state index is 0.349. The van der Waals surface area contributed by atoms with Crippen LogP contribution < -0.4 is 16.4 Å². The largest absolute Gasteiger partial charge is 0.399 e. The third-order valence-corrected chi connectivity index (χ3v) is 5.22. The van der Waals surface area contributed by atoms with Gasteiger partial charge in [-0.05, 0) is 60.1 Å². The molecule has 10 heteroatoms. The number of rotatable bonds is 7. The van der Waals surface area contributed by atoms with Crippen molar-refractivity contribution >= 4 is 34.2 Å². The number of anilines is 3. The predicted octanol–water partition coefficient (Wildman–Crippen LogP) is 5.60. The third kappa shape index (κ3) is 6.22. The topological polar surface area (TPSA) is 172 Å². The molecule has 0 aliphatic rings. The fourth-order valence-electron chi connectivity index (χ4n) is 3.41. The summed E-state index contributed by atoms with van der Waals surface area (Å²) in [7, 11) is 3.61. The normalized spacial score (nSPS) is 9.72. The van der Waals surface area contributed by atoms with Crippen molar-refractivity contribution in [2.45, 2.75) is 0 Å². The van der Waals surface area contributed by atoms with Gasteiger partial charge in [-0.2, -0.15) is 0 Å². The molecule has 4 rings (SSSR count). The number of hydrogen-bond donors (Lipinski definition) is 5. The molecule has 4 aromatic rings. The molecule has 0 fully saturated rings. The van der Waals surface area contributed by atoms with Crippen molar-refractivity contribution in [3.8, 4) is 0 Å². The molecular weight excluding hydrogens is 452 g/mol. The number of nitrogens with two attached hydrogens (primary N) is 1. The SMILES string of the molecule is CNc1ccc(N)cc1C(=N)c1ccncc1.CNc1ccc(N=[N+]=[N-])cc1C(=N)c1ccncc1. The number of nitrogen functional groups attached to an aromatic ring is 1. The van der Waals surface area contributed by atoms with Crippen molar-refractivity contribution in [2.75, 3.05) is 30.5 Å². The molecule has 2 aromatic heterocycles. The fraction of sp³-hybridized carbons (Fsp3) is 0.0769. The summed E-state index contributed by atoms with van der Waals surface area (Å²) in [5.74, 6) is 0. The Morgan fingerprint density at radius 2 is 1.25 bits per heavy atom. The van der Waals surface area contributed by atoms with Crippen molar-refractivity contribution in [2.24, 2.45) is 5.11 Å².